The van der Waals surface area contributed by atoms with Crippen LogP contribution in [0.5, 0.6) is 0 Å². The lowest BCUT2D eigenvalue weighted by Gasteiger charge is -2.06. The molecule has 0 aliphatic rings. The molecule has 2 N–H and O–H groups in total. The molecule has 1 aromatic heterocycles. The Hall–Kier alpha value is -2.29. The van der Waals surface area contributed by atoms with Crippen LogP contribution in [0.1, 0.15) is 15.4 Å². The van der Waals surface area contributed by atoms with E-state index in [-0.39, 0.29) is 10.8 Å². The van der Waals surface area contributed by atoms with Gasteiger partial charge in [0.15, 0.2) is 0 Å². The van der Waals surface area contributed by atoms with Crippen LogP contribution in [-0.2, 0) is 16.4 Å². The Morgan fingerprint density at radius 3 is 2.52 bits per heavy atom. The van der Waals surface area contributed by atoms with E-state index in [1.54, 1.807) is 11.3 Å². The van der Waals surface area contributed by atoms with Crippen LogP contribution < -0.4 is 10.0 Å². The zero-order valence-corrected chi connectivity index (χ0v) is 15.2. The fourth-order valence-electron chi connectivity index (χ4n) is 2.32. The van der Waals surface area contributed by atoms with Crippen molar-refractivity contribution in [1.29, 1.82) is 0 Å². The number of thiazole rings is 1. The molecule has 0 saturated carbocycles. The molecule has 25 heavy (non-hydrogen) atoms. The highest BCUT2D eigenvalue weighted by Gasteiger charge is 2.12. The van der Waals surface area contributed by atoms with Gasteiger partial charge in [-0.3, -0.25) is 4.79 Å². The second kappa shape index (κ2) is 7.30. The molecule has 8 heteroatoms. The summed E-state index contributed by atoms with van der Waals surface area (Å²) in [6.45, 7) is 0.467. The van der Waals surface area contributed by atoms with Crippen molar-refractivity contribution in [2.45, 2.75) is 11.3 Å². The van der Waals surface area contributed by atoms with Gasteiger partial charge in [0, 0.05) is 18.5 Å². The van der Waals surface area contributed by atoms with E-state index in [0.29, 0.717) is 18.5 Å². The largest absolute Gasteiger partial charge is 0.352 e. The maximum Gasteiger partial charge on any atom is 0.251 e. The topological polar surface area (TPSA) is 88.2 Å². The lowest BCUT2D eigenvalue weighted by atomic mass is 10.2. The van der Waals surface area contributed by atoms with Gasteiger partial charge in [-0.2, -0.15) is 0 Å². The maximum atomic E-state index is 12.1. The van der Waals surface area contributed by atoms with Gasteiger partial charge in [-0.25, -0.2) is 18.1 Å². The van der Waals surface area contributed by atoms with E-state index in [9.17, 15) is 13.2 Å². The van der Waals surface area contributed by atoms with Crippen LogP contribution in [0.15, 0.2) is 53.4 Å². The van der Waals surface area contributed by atoms with E-state index in [2.05, 4.69) is 15.0 Å². The number of nitrogens with one attached hydrogen (secondary N) is 2. The minimum absolute atomic E-state index is 0.126. The third-order valence-corrected chi connectivity index (χ3v) is 6.18. The van der Waals surface area contributed by atoms with Gasteiger partial charge < -0.3 is 5.32 Å². The normalized spacial score (nSPS) is 11.6. The van der Waals surface area contributed by atoms with E-state index in [1.807, 2.05) is 24.3 Å². The molecule has 3 aromatic rings. The number of fused-ring (bicyclic) bond motifs is 1. The first-order valence-electron chi connectivity index (χ1n) is 7.66. The van der Waals surface area contributed by atoms with Crippen molar-refractivity contribution in [1.82, 2.24) is 15.0 Å². The Morgan fingerprint density at radius 1 is 1.12 bits per heavy atom. The summed E-state index contributed by atoms with van der Waals surface area (Å²) in [6, 6.07) is 13.7. The van der Waals surface area contributed by atoms with Gasteiger partial charge in [-0.05, 0) is 43.4 Å². The fraction of sp³-hybridized carbons (Fsp3) is 0.176. The van der Waals surface area contributed by atoms with Gasteiger partial charge in [0.25, 0.3) is 5.91 Å². The lowest BCUT2D eigenvalue weighted by molar-refractivity contribution is 0.0954. The lowest BCUT2D eigenvalue weighted by Crippen LogP contribution is -2.25. The minimum atomic E-state index is -3.50. The van der Waals surface area contributed by atoms with E-state index >= 15 is 0 Å². The summed E-state index contributed by atoms with van der Waals surface area (Å²) in [5, 5.41) is 3.80. The van der Waals surface area contributed by atoms with Crippen molar-refractivity contribution >= 4 is 37.5 Å². The highest BCUT2D eigenvalue weighted by Crippen LogP contribution is 2.21. The maximum absolute atomic E-state index is 12.1. The SMILES string of the molecule is CNS(=O)(=O)c1ccc(C(=O)NCCc2nc3ccccc3s2)cc1. The number of hydrogen-bond donors (Lipinski definition) is 2. The van der Waals surface area contributed by atoms with Crippen LogP contribution in [0, 0.1) is 0 Å². The van der Waals surface area contributed by atoms with Crippen molar-refractivity contribution in [3.05, 3.63) is 59.1 Å². The van der Waals surface area contributed by atoms with Crippen molar-refractivity contribution in [3.8, 4) is 0 Å². The number of sulfonamides is 1. The smallest absolute Gasteiger partial charge is 0.251 e. The molecule has 2 aromatic carbocycles. The number of aromatic nitrogens is 1. The molecule has 3 rings (SSSR count). The summed E-state index contributed by atoms with van der Waals surface area (Å²) in [4.78, 5) is 16.8. The number of carbonyl (C=O) groups excluding carboxylic acids is 1. The zero-order chi connectivity index (χ0) is 17.9. The first-order chi connectivity index (χ1) is 12.0. The predicted octanol–water partition coefficient (Wildman–Crippen LogP) is 2.18. The molecular weight excluding hydrogens is 358 g/mol. The van der Waals surface area contributed by atoms with E-state index in [4.69, 9.17) is 0 Å². The fourth-order valence-corrected chi connectivity index (χ4v) is 4.01. The predicted molar refractivity (Wildman–Crippen MR) is 98.3 cm³/mol. The van der Waals surface area contributed by atoms with Crippen molar-refractivity contribution in [2.24, 2.45) is 0 Å². The number of hydrogen-bond acceptors (Lipinski definition) is 5. The van der Waals surface area contributed by atoms with Crippen molar-refractivity contribution in [2.75, 3.05) is 13.6 Å². The average Bonchev–Trinajstić information content (AvgIpc) is 3.04. The Labute approximate surface area is 150 Å². The number of para-hydroxylation sites is 1. The molecule has 1 heterocycles. The standard InChI is InChI=1S/C17H17N3O3S2/c1-18-25(22,23)13-8-6-12(7-9-13)17(21)19-11-10-16-20-14-4-2-3-5-15(14)24-16/h2-9,18H,10-11H2,1H3,(H,19,21). The Balaban J connectivity index is 1.59. The van der Waals surface area contributed by atoms with E-state index < -0.39 is 10.0 Å². The number of rotatable bonds is 6. The summed E-state index contributed by atoms with van der Waals surface area (Å²) in [7, 11) is -2.15. The van der Waals surface area contributed by atoms with Gasteiger partial charge in [0.1, 0.15) is 0 Å². The molecule has 6 nitrogen and oxygen atoms in total. The molecule has 0 atom stereocenters. The highest BCUT2D eigenvalue weighted by atomic mass is 32.2. The molecule has 130 valence electrons. The minimum Gasteiger partial charge on any atom is -0.352 e. The molecule has 1 amide bonds. The first-order valence-corrected chi connectivity index (χ1v) is 9.96. The second-order valence-corrected chi connectivity index (χ2v) is 8.31. The van der Waals surface area contributed by atoms with Gasteiger partial charge >= 0.3 is 0 Å². The summed E-state index contributed by atoms with van der Waals surface area (Å²) in [5.74, 6) is -0.241. The third kappa shape index (κ3) is 4.04. The van der Waals surface area contributed by atoms with Crippen LogP contribution in [0.2, 0.25) is 0 Å². The zero-order valence-electron chi connectivity index (χ0n) is 13.5. The molecule has 0 fully saturated rings. The average molecular weight is 375 g/mol. The monoisotopic (exact) mass is 375 g/mol. The van der Waals surface area contributed by atoms with Crippen LogP contribution >= 0.6 is 11.3 Å². The van der Waals surface area contributed by atoms with Gasteiger partial charge in [0.2, 0.25) is 10.0 Å². The molecule has 0 unspecified atom stereocenters. The molecule has 0 bridgehead atoms. The summed E-state index contributed by atoms with van der Waals surface area (Å²) >= 11 is 1.62. The molecular formula is C17H17N3O3S2. The second-order valence-electron chi connectivity index (χ2n) is 5.31. The van der Waals surface area contributed by atoms with E-state index in [1.165, 1.54) is 31.3 Å². The van der Waals surface area contributed by atoms with Crippen LogP contribution in [0.25, 0.3) is 10.2 Å². The van der Waals surface area contributed by atoms with Crippen molar-refractivity contribution in [3.63, 3.8) is 0 Å². The Bertz CT molecular complexity index is 962. The highest BCUT2D eigenvalue weighted by molar-refractivity contribution is 7.89. The Morgan fingerprint density at radius 2 is 1.84 bits per heavy atom. The summed E-state index contributed by atoms with van der Waals surface area (Å²) in [5.41, 5.74) is 1.38. The number of nitrogens with zero attached hydrogens (tertiary/aromatic N) is 1. The van der Waals surface area contributed by atoms with E-state index in [0.717, 1.165) is 15.2 Å². The molecule has 0 aliphatic carbocycles. The molecule has 0 saturated heterocycles. The number of amides is 1. The quantitative estimate of drug-likeness (QED) is 0.691. The van der Waals surface area contributed by atoms with Crippen molar-refractivity contribution < 1.29 is 13.2 Å². The first kappa shape index (κ1) is 17.5. The number of carbonyl (C=O) groups is 1. The molecule has 0 radical (unpaired) electrons. The summed E-state index contributed by atoms with van der Waals surface area (Å²) in [6.07, 6.45) is 0.650. The van der Waals surface area contributed by atoms with Gasteiger partial charge in [-0.15, -0.1) is 11.3 Å². The Kier molecular flexibility index (Phi) is 5.12. The molecule has 0 aliphatic heterocycles. The number of benzene rings is 2. The summed E-state index contributed by atoms with van der Waals surface area (Å²) < 4.78 is 26.7. The van der Waals surface area contributed by atoms with Gasteiger partial charge in [-0.1, -0.05) is 12.1 Å². The van der Waals surface area contributed by atoms with Crippen LogP contribution in [-0.4, -0.2) is 32.9 Å². The van der Waals surface area contributed by atoms with Crippen LogP contribution in [0.4, 0.5) is 0 Å². The molecule has 0 spiro atoms. The van der Waals surface area contributed by atoms with Gasteiger partial charge in [0.05, 0.1) is 20.1 Å². The third-order valence-electron chi connectivity index (χ3n) is 3.66. The van der Waals surface area contributed by atoms with Crippen LogP contribution in [0.3, 0.4) is 0 Å².